The van der Waals surface area contributed by atoms with Gasteiger partial charge in [-0.3, -0.25) is 4.79 Å². The number of fused-ring (bicyclic) bond motifs is 1. The summed E-state index contributed by atoms with van der Waals surface area (Å²) in [5, 5.41) is 0.784. The Balaban J connectivity index is 2.08. The van der Waals surface area contributed by atoms with Crippen LogP contribution in [0.4, 0.5) is 0 Å². The molecule has 2 aromatic rings. The average Bonchev–Trinajstić information content (AvgIpc) is 2.96. The lowest BCUT2D eigenvalue weighted by atomic mass is 10.1. The number of amides is 1. The zero-order chi connectivity index (χ0) is 18.1. The van der Waals surface area contributed by atoms with Crippen LogP contribution in [0, 0.1) is 6.92 Å². The van der Waals surface area contributed by atoms with Crippen molar-refractivity contribution in [2.75, 3.05) is 54.6 Å². The fraction of sp³-hybridized carbons (Fsp3) is 0.500. The standard InChI is InChI=1S/C18H24N2O5/c1-11-12-10-13(22-3)16(23-4)17(24-5)15(12)25-14(11)18(21)20-8-6-19(2)7-9-20/h10H,6-9H2,1-5H3. The van der Waals surface area contributed by atoms with Gasteiger partial charge in [0.25, 0.3) is 5.91 Å². The molecule has 1 aromatic carbocycles. The van der Waals surface area contributed by atoms with E-state index in [1.54, 1.807) is 7.11 Å². The van der Waals surface area contributed by atoms with Crippen LogP contribution in [0.15, 0.2) is 10.5 Å². The topological polar surface area (TPSA) is 64.4 Å². The van der Waals surface area contributed by atoms with E-state index in [1.165, 1.54) is 14.2 Å². The molecule has 7 nitrogen and oxygen atoms in total. The number of hydrogen-bond acceptors (Lipinski definition) is 6. The van der Waals surface area contributed by atoms with Crippen LogP contribution in [0.2, 0.25) is 0 Å². The van der Waals surface area contributed by atoms with Crippen molar-refractivity contribution >= 4 is 16.9 Å². The van der Waals surface area contributed by atoms with E-state index in [2.05, 4.69) is 11.9 Å². The van der Waals surface area contributed by atoms with Crippen LogP contribution in [-0.2, 0) is 0 Å². The van der Waals surface area contributed by atoms with Gasteiger partial charge in [0, 0.05) is 37.1 Å². The second-order valence-corrected chi connectivity index (χ2v) is 6.17. The van der Waals surface area contributed by atoms with Crippen molar-refractivity contribution in [2.24, 2.45) is 0 Å². The number of rotatable bonds is 4. The third-order valence-electron chi connectivity index (χ3n) is 4.72. The molecule has 0 aliphatic carbocycles. The Morgan fingerprint density at radius 3 is 2.24 bits per heavy atom. The van der Waals surface area contributed by atoms with Gasteiger partial charge in [-0.15, -0.1) is 0 Å². The van der Waals surface area contributed by atoms with E-state index in [0.717, 1.165) is 24.0 Å². The van der Waals surface area contributed by atoms with E-state index in [1.807, 2.05) is 17.9 Å². The van der Waals surface area contributed by atoms with Crippen LogP contribution >= 0.6 is 0 Å². The smallest absolute Gasteiger partial charge is 0.289 e. The number of carbonyl (C=O) groups excluding carboxylic acids is 1. The summed E-state index contributed by atoms with van der Waals surface area (Å²) in [7, 11) is 6.70. The summed E-state index contributed by atoms with van der Waals surface area (Å²) in [4.78, 5) is 16.9. The summed E-state index contributed by atoms with van der Waals surface area (Å²) in [5.74, 6) is 1.66. The van der Waals surface area contributed by atoms with E-state index < -0.39 is 0 Å². The number of likely N-dealkylation sites (N-methyl/N-ethyl adjacent to an activating group) is 1. The molecular formula is C18H24N2O5. The monoisotopic (exact) mass is 348 g/mol. The number of aryl methyl sites for hydroxylation is 1. The first kappa shape index (κ1) is 17.4. The van der Waals surface area contributed by atoms with E-state index in [-0.39, 0.29) is 5.91 Å². The molecule has 136 valence electrons. The van der Waals surface area contributed by atoms with Crippen molar-refractivity contribution in [3.8, 4) is 17.2 Å². The maximum atomic E-state index is 12.9. The molecule has 1 fully saturated rings. The lowest BCUT2D eigenvalue weighted by molar-refractivity contribution is 0.0633. The molecule has 0 saturated carbocycles. The zero-order valence-corrected chi connectivity index (χ0v) is 15.3. The SMILES string of the molecule is COc1cc2c(C)c(C(=O)N3CCN(C)CC3)oc2c(OC)c1OC. The number of nitrogens with zero attached hydrogens (tertiary/aromatic N) is 2. The Morgan fingerprint density at radius 1 is 1.04 bits per heavy atom. The van der Waals surface area contributed by atoms with Crippen LogP contribution in [-0.4, -0.2) is 70.3 Å². The normalized spacial score (nSPS) is 15.5. The van der Waals surface area contributed by atoms with Crippen LogP contribution in [0.25, 0.3) is 11.0 Å². The fourth-order valence-corrected chi connectivity index (χ4v) is 3.17. The Bertz CT molecular complexity index is 791. The summed E-state index contributed by atoms with van der Waals surface area (Å²) in [6.45, 7) is 4.97. The number of hydrogen-bond donors (Lipinski definition) is 0. The third kappa shape index (κ3) is 2.89. The van der Waals surface area contributed by atoms with Gasteiger partial charge in [0.2, 0.25) is 11.5 Å². The molecule has 0 bridgehead atoms. The molecule has 0 unspecified atom stereocenters. The predicted octanol–water partition coefficient (Wildman–Crippen LogP) is 2.15. The minimum atomic E-state index is -0.0956. The Morgan fingerprint density at radius 2 is 1.68 bits per heavy atom. The molecule has 3 rings (SSSR count). The van der Waals surface area contributed by atoms with Crippen molar-refractivity contribution in [1.29, 1.82) is 0 Å². The highest BCUT2D eigenvalue weighted by molar-refractivity contribution is 6.01. The minimum Gasteiger partial charge on any atom is -0.493 e. The molecule has 0 radical (unpaired) electrons. The average molecular weight is 348 g/mol. The van der Waals surface area contributed by atoms with Gasteiger partial charge >= 0.3 is 0 Å². The van der Waals surface area contributed by atoms with Crippen LogP contribution in [0.1, 0.15) is 16.1 Å². The largest absolute Gasteiger partial charge is 0.493 e. The van der Waals surface area contributed by atoms with Gasteiger partial charge in [0.1, 0.15) is 0 Å². The van der Waals surface area contributed by atoms with Crippen molar-refractivity contribution < 1.29 is 23.4 Å². The second kappa shape index (κ2) is 6.84. The second-order valence-electron chi connectivity index (χ2n) is 6.17. The van der Waals surface area contributed by atoms with Crippen molar-refractivity contribution in [1.82, 2.24) is 9.80 Å². The maximum Gasteiger partial charge on any atom is 0.289 e. The lowest BCUT2D eigenvalue weighted by Gasteiger charge is -2.31. The van der Waals surface area contributed by atoms with Gasteiger partial charge in [-0.1, -0.05) is 0 Å². The van der Waals surface area contributed by atoms with Crippen molar-refractivity contribution in [3.05, 3.63) is 17.4 Å². The summed E-state index contributed by atoms with van der Waals surface area (Å²) < 4.78 is 22.2. The van der Waals surface area contributed by atoms with Gasteiger partial charge in [-0.2, -0.15) is 0 Å². The predicted molar refractivity (Wildman–Crippen MR) is 94.0 cm³/mol. The molecular weight excluding hydrogens is 324 g/mol. The summed E-state index contributed by atoms with van der Waals surface area (Å²) in [6.07, 6.45) is 0. The molecule has 0 atom stereocenters. The van der Waals surface area contributed by atoms with E-state index in [0.29, 0.717) is 41.7 Å². The molecule has 1 aliphatic rings. The van der Waals surface area contributed by atoms with Crippen LogP contribution < -0.4 is 14.2 Å². The number of furan rings is 1. The van der Waals surface area contributed by atoms with Gasteiger partial charge in [0.15, 0.2) is 17.1 Å². The highest BCUT2D eigenvalue weighted by atomic mass is 16.5. The van der Waals surface area contributed by atoms with E-state index in [4.69, 9.17) is 18.6 Å². The van der Waals surface area contributed by atoms with Crippen molar-refractivity contribution in [3.63, 3.8) is 0 Å². The maximum absolute atomic E-state index is 12.9. The van der Waals surface area contributed by atoms with E-state index >= 15 is 0 Å². The third-order valence-corrected chi connectivity index (χ3v) is 4.72. The Kier molecular flexibility index (Phi) is 4.76. The molecule has 7 heteroatoms. The first-order chi connectivity index (χ1) is 12.0. The zero-order valence-electron chi connectivity index (χ0n) is 15.3. The molecule has 0 spiro atoms. The summed E-state index contributed by atoms with van der Waals surface area (Å²) in [6, 6.07) is 1.82. The number of piperazine rings is 1. The highest BCUT2D eigenvalue weighted by Gasteiger charge is 2.28. The number of ether oxygens (including phenoxy) is 3. The molecule has 2 heterocycles. The molecule has 1 amide bonds. The summed E-state index contributed by atoms with van der Waals surface area (Å²) in [5.41, 5.74) is 1.27. The van der Waals surface area contributed by atoms with Gasteiger partial charge in [-0.05, 0) is 20.0 Å². The van der Waals surface area contributed by atoms with Crippen molar-refractivity contribution in [2.45, 2.75) is 6.92 Å². The first-order valence-corrected chi connectivity index (χ1v) is 8.21. The Labute approximate surface area is 147 Å². The lowest BCUT2D eigenvalue weighted by Crippen LogP contribution is -2.47. The molecule has 0 N–H and O–H groups in total. The number of methoxy groups -OCH3 is 3. The number of carbonyl (C=O) groups is 1. The van der Waals surface area contributed by atoms with Crippen LogP contribution in [0.5, 0.6) is 17.2 Å². The Hall–Kier alpha value is -2.41. The van der Waals surface area contributed by atoms with E-state index in [9.17, 15) is 4.79 Å². The van der Waals surface area contributed by atoms with Gasteiger partial charge in [0.05, 0.1) is 21.3 Å². The minimum absolute atomic E-state index is 0.0956. The first-order valence-electron chi connectivity index (χ1n) is 8.21. The van der Waals surface area contributed by atoms with Crippen LogP contribution in [0.3, 0.4) is 0 Å². The molecule has 1 saturated heterocycles. The number of benzene rings is 1. The quantitative estimate of drug-likeness (QED) is 0.844. The fourth-order valence-electron chi connectivity index (χ4n) is 3.17. The van der Waals surface area contributed by atoms with Gasteiger partial charge < -0.3 is 28.4 Å². The van der Waals surface area contributed by atoms with Gasteiger partial charge in [-0.25, -0.2) is 0 Å². The molecule has 1 aromatic heterocycles. The molecule has 1 aliphatic heterocycles. The summed E-state index contributed by atoms with van der Waals surface area (Å²) >= 11 is 0. The molecule has 25 heavy (non-hydrogen) atoms. The highest BCUT2D eigenvalue weighted by Crippen LogP contribution is 2.45.